The van der Waals surface area contributed by atoms with Crippen LogP contribution in [0.2, 0.25) is 5.02 Å². The summed E-state index contributed by atoms with van der Waals surface area (Å²) in [6, 6.07) is 1.66. The lowest BCUT2D eigenvalue weighted by Gasteiger charge is -2.00. The van der Waals surface area contributed by atoms with Crippen molar-refractivity contribution in [2.24, 2.45) is 0 Å². The monoisotopic (exact) mass is 249 g/mol. The maximum absolute atomic E-state index is 10.3. The largest absolute Gasteiger partial charge is 0.481 e. The molecule has 0 aliphatic heterocycles. The molecule has 1 heterocycles. The van der Waals surface area contributed by atoms with Crippen LogP contribution in [0, 0.1) is 0 Å². The first-order valence-electron chi connectivity index (χ1n) is 3.12. The van der Waals surface area contributed by atoms with Crippen LogP contribution in [0.4, 0.5) is 0 Å². The summed E-state index contributed by atoms with van der Waals surface area (Å²) in [6.45, 7) is 0. The summed E-state index contributed by atoms with van der Waals surface area (Å²) in [5.74, 6) is -0.942. The van der Waals surface area contributed by atoms with Crippen LogP contribution in [0.15, 0.2) is 16.7 Å². The number of rotatable bonds is 2. The SMILES string of the molecule is O=C(O)Cc1nccc(Br)c1Cl. The fourth-order valence-electron chi connectivity index (χ4n) is 0.727. The topological polar surface area (TPSA) is 50.2 Å². The minimum atomic E-state index is -0.942. The molecule has 0 bridgehead atoms. The van der Waals surface area contributed by atoms with Crippen molar-refractivity contribution in [3.05, 3.63) is 27.5 Å². The zero-order valence-electron chi connectivity index (χ0n) is 5.92. The van der Waals surface area contributed by atoms with Gasteiger partial charge in [-0.05, 0) is 22.0 Å². The second-order valence-electron chi connectivity index (χ2n) is 2.12. The Balaban J connectivity index is 3.00. The molecule has 0 saturated heterocycles. The maximum Gasteiger partial charge on any atom is 0.309 e. The Kier molecular flexibility index (Phi) is 3.05. The zero-order valence-corrected chi connectivity index (χ0v) is 8.26. The van der Waals surface area contributed by atoms with E-state index < -0.39 is 5.97 Å². The number of halogens is 2. The van der Waals surface area contributed by atoms with Crippen LogP contribution in [0.25, 0.3) is 0 Å². The Bertz CT molecular complexity index is 316. The van der Waals surface area contributed by atoms with Gasteiger partial charge in [-0.15, -0.1) is 0 Å². The summed E-state index contributed by atoms with van der Waals surface area (Å²) in [7, 11) is 0. The van der Waals surface area contributed by atoms with Gasteiger partial charge in [-0.2, -0.15) is 0 Å². The van der Waals surface area contributed by atoms with E-state index in [1.165, 1.54) is 6.20 Å². The number of carbonyl (C=O) groups is 1. The normalized spacial score (nSPS) is 9.83. The molecule has 3 nitrogen and oxygen atoms in total. The smallest absolute Gasteiger partial charge is 0.309 e. The highest BCUT2D eigenvalue weighted by Crippen LogP contribution is 2.24. The molecule has 1 rings (SSSR count). The van der Waals surface area contributed by atoms with Gasteiger partial charge in [-0.25, -0.2) is 0 Å². The van der Waals surface area contributed by atoms with Gasteiger partial charge >= 0.3 is 5.97 Å². The van der Waals surface area contributed by atoms with Crippen molar-refractivity contribution in [3.63, 3.8) is 0 Å². The molecule has 0 saturated carbocycles. The molecule has 64 valence electrons. The Morgan fingerprint density at radius 2 is 2.42 bits per heavy atom. The van der Waals surface area contributed by atoms with Crippen molar-refractivity contribution >= 4 is 33.5 Å². The van der Waals surface area contributed by atoms with Crippen LogP contribution in [-0.4, -0.2) is 16.1 Å². The lowest BCUT2D eigenvalue weighted by Crippen LogP contribution is -2.02. The van der Waals surface area contributed by atoms with Crippen LogP contribution >= 0.6 is 27.5 Å². The number of hydrogen-bond donors (Lipinski definition) is 1. The van der Waals surface area contributed by atoms with Gasteiger partial charge in [0.2, 0.25) is 0 Å². The molecule has 0 radical (unpaired) electrons. The second-order valence-corrected chi connectivity index (χ2v) is 3.36. The summed E-state index contributed by atoms with van der Waals surface area (Å²) in [5, 5.41) is 8.83. The Hall–Kier alpha value is -0.610. The van der Waals surface area contributed by atoms with Crippen molar-refractivity contribution in [3.8, 4) is 0 Å². The molecule has 0 fully saturated rings. The standard InChI is InChI=1S/C7H5BrClNO2/c8-4-1-2-10-5(7(4)9)3-6(11)12/h1-2H,3H2,(H,11,12). The lowest BCUT2D eigenvalue weighted by atomic mass is 10.3. The van der Waals surface area contributed by atoms with E-state index in [4.69, 9.17) is 16.7 Å². The average molecular weight is 250 g/mol. The molecular formula is C7H5BrClNO2. The third-order valence-electron chi connectivity index (χ3n) is 1.23. The van der Waals surface area contributed by atoms with Crippen LogP contribution < -0.4 is 0 Å². The van der Waals surface area contributed by atoms with Crippen molar-refractivity contribution < 1.29 is 9.90 Å². The van der Waals surface area contributed by atoms with E-state index in [2.05, 4.69) is 20.9 Å². The van der Waals surface area contributed by atoms with Gasteiger partial charge in [0.1, 0.15) is 0 Å². The number of aliphatic carboxylic acids is 1. The Morgan fingerprint density at radius 1 is 1.75 bits per heavy atom. The quantitative estimate of drug-likeness (QED) is 0.875. The number of hydrogen-bond acceptors (Lipinski definition) is 2. The highest BCUT2D eigenvalue weighted by Gasteiger charge is 2.08. The highest BCUT2D eigenvalue weighted by atomic mass is 79.9. The van der Waals surface area contributed by atoms with Crippen molar-refractivity contribution in [1.82, 2.24) is 4.98 Å². The van der Waals surface area contributed by atoms with Gasteiger partial charge in [-0.1, -0.05) is 11.6 Å². The van der Waals surface area contributed by atoms with Gasteiger partial charge in [0.05, 0.1) is 17.1 Å². The van der Waals surface area contributed by atoms with Gasteiger partial charge in [-0.3, -0.25) is 9.78 Å². The van der Waals surface area contributed by atoms with Crippen molar-refractivity contribution in [2.75, 3.05) is 0 Å². The minimum absolute atomic E-state index is 0.154. The molecule has 0 atom stereocenters. The molecule has 0 unspecified atom stereocenters. The van der Waals surface area contributed by atoms with Crippen LogP contribution in [-0.2, 0) is 11.2 Å². The molecule has 12 heavy (non-hydrogen) atoms. The summed E-state index contributed by atoms with van der Waals surface area (Å²) >= 11 is 8.94. The Labute approximate surface area is 82.5 Å². The van der Waals surface area contributed by atoms with Crippen LogP contribution in [0.3, 0.4) is 0 Å². The Morgan fingerprint density at radius 3 is 3.00 bits per heavy atom. The third kappa shape index (κ3) is 2.19. The third-order valence-corrected chi connectivity index (χ3v) is 2.54. The molecule has 1 aromatic rings. The molecule has 5 heteroatoms. The van der Waals surface area contributed by atoms with Gasteiger partial charge in [0.25, 0.3) is 0 Å². The molecule has 0 amide bonds. The number of carboxylic acid groups (broad SMARTS) is 1. The number of aromatic nitrogens is 1. The first kappa shape index (κ1) is 9.48. The molecule has 0 spiro atoms. The number of nitrogens with zero attached hydrogens (tertiary/aromatic N) is 1. The van der Waals surface area contributed by atoms with Crippen molar-refractivity contribution in [2.45, 2.75) is 6.42 Å². The van der Waals surface area contributed by atoms with E-state index in [0.717, 1.165) is 0 Å². The van der Waals surface area contributed by atoms with Crippen LogP contribution in [0.5, 0.6) is 0 Å². The van der Waals surface area contributed by atoms with E-state index in [0.29, 0.717) is 15.2 Å². The molecule has 0 aliphatic carbocycles. The fraction of sp³-hybridized carbons (Fsp3) is 0.143. The summed E-state index contributed by atoms with van der Waals surface area (Å²) < 4.78 is 0.662. The average Bonchev–Trinajstić information content (AvgIpc) is 1.98. The van der Waals surface area contributed by atoms with Gasteiger partial charge < -0.3 is 5.11 Å². The molecular weight excluding hydrogens is 245 g/mol. The van der Waals surface area contributed by atoms with E-state index >= 15 is 0 Å². The van der Waals surface area contributed by atoms with E-state index in [1.54, 1.807) is 6.07 Å². The second kappa shape index (κ2) is 3.87. The lowest BCUT2D eigenvalue weighted by molar-refractivity contribution is -0.136. The maximum atomic E-state index is 10.3. The molecule has 1 N–H and O–H groups in total. The first-order chi connectivity index (χ1) is 5.61. The highest BCUT2D eigenvalue weighted by molar-refractivity contribution is 9.10. The summed E-state index contributed by atoms with van der Waals surface area (Å²) in [4.78, 5) is 14.2. The number of carboxylic acids is 1. The summed E-state index contributed by atoms with van der Waals surface area (Å²) in [6.07, 6.45) is 1.35. The predicted octanol–water partition coefficient (Wildman–Crippen LogP) is 2.12. The summed E-state index contributed by atoms with van der Waals surface area (Å²) in [5.41, 5.74) is 0.374. The molecule has 1 aromatic heterocycles. The molecule has 0 aromatic carbocycles. The molecule has 0 aliphatic rings. The van der Waals surface area contributed by atoms with Gasteiger partial charge in [0, 0.05) is 10.7 Å². The van der Waals surface area contributed by atoms with Crippen molar-refractivity contribution in [1.29, 1.82) is 0 Å². The minimum Gasteiger partial charge on any atom is -0.481 e. The van der Waals surface area contributed by atoms with E-state index in [9.17, 15) is 4.79 Å². The van der Waals surface area contributed by atoms with E-state index in [1.807, 2.05) is 0 Å². The fourth-order valence-corrected chi connectivity index (χ4v) is 1.25. The van der Waals surface area contributed by atoms with Crippen LogP contribution in [0.1, 0.15) is 5.69 Å². The van der Waals surface area contributed by atoms with Gasteiger partial charge in [0.15, 0.2) is 0 Å². The number of pyridine rings is 1. The predicted molar refractivity (Wildman–Crippen MR) is 48.3 cm³/mol. The van der Waals surface area contributed by atoms with E-state index in [-0.39, 0.29) is 6.42 Å². The zero-order chi connectivity index (χ0) is 9.14. The first-order valence-corrected chi connectivity index (χ1v) is 4.29.